The lowest BCUT2D eigenvalue weighted by molar-refractivity contribution is -0.172. The van der Waals surface area contributed by atoms with E-state index in [-0.39, 0.29) is 34.0 Å². The summed E-state index contributed by atoms with van der Waals surface area (Å²) in [4.78, 5) is 12.4. The highest BCUT2D eigenvalue weighted by Crippen LogP contribution is 2.54. The summed E-state index contributed by atoms with van der Waals surface area (Å²) in [5, 5.41) is 32.9. The predicted octanol–water partition coefficient (Wildman–Crippen LogP) is 3.31. The van der Waals surface area contributed by atoms with E-state index in [2.05, 4.69) is 5.32 Å². The molecule has 2 aromatic rings. The molecule has 2 bridgehead atoms. The number of benzene rings is 2. The van der Waals surface area contributed by atoms with Crippen molar-refractivity contribution in [1.82, 2.24) is 0 Å². The summed E-state index contributed by atoms with van der Waals surface area (Å²) in [6.07, 6.45) is -1.39. The van der Waals surface area contributed by atoms with Gasteiger partial charge < -0.3 is 20.6 Å². The lowest BCUT2D eigenvalue weighted by atomic mass is 9.70. The SMILES string of the molecule is C[C@H](O)[C@H](O)C1(O)C2CC[C@H]1CC(S(=O)(=O)c1cc(C(=O)Nc3ccc(F)c(F)c3)ccc1Cl)C2. The van der Waals surface area contributed by atoms with Crippen LogP contribution in [-0.4, -0.2) is 52.7 Å². The summed E-state index contributed by atoms with van der Waals surface area (Å²) in [6.45, 7) is 1.38. The van der Waals surface area contributed by atoms with Crippen LogP contribution in [0.25, 0.3) is 0 Å². The Morgan fingerprint density at radius 2 is 1.71 bits per heavy atom. The molecule has 0 radical (unpaired) electrons. The van der Waals surface area contributed by atoms with Crippen molar-refractivity contribution in [3.8, 4) is 0 Å². The van der Waals surface area contributed by atoms with Gasteiger partial charge >= 0.3 is 0 Å². The Hall–Kier alpha value is -2.11. The Kier molecular flexibility index (Phi) is 6.98. The van der Waals surface area contributed by atoms with E-state index in [1.54, 1.807) is 0 Å². The van der Waals surface area contributed by atoms with Crippen molar-refractivity contribution in [1.29, 1.82) is 0 Å². The van der Waals surface area contributed by atoms with E-state index in [4.69, 9.17) is 11.6 Å². The third-order valence-electron chi connectivity index (χ3n) is 7.31. The fourth-order valence-corrected chi connectivity index (χ4v) is 7.89. The highest BCUT2D eigenvalue weighted by molar-refractivity contribution is 7.92. The normalized spacial score (nSPS) is 27.9. The number of sulfone groups is 1. The second kappa shape index (κ2) is 9.40. The first-order valence-electron chi connectivity index (χ1n) is 11.2. The Morgan fingerprint density at radius 3 is 2.29 bits per heavy atom. The van der Waals surface area contributed by atoms with Gasteiger partial charge in [-0.15, -0.1) is 0 Å². The van der Waals surface area contributed by atoms with Gasteiger partial charge in [0.25, 0.3) is 5.91 Å². The van der Waals surface area contributed by atoms with E-state index < -0.39 is 62.3 Å². The van der Waals surface area contributed by atoms with E-state index in [1.165, 1.54) is 25.1 Å². The summed E-state index contributed by atoms with van der Waals surface area (Å²) < 4.78 is 53.7. The van der Waals surface area contributed by atoms with Crippen molar-refractivity contribution >= 4 is 33.0 Å². The van der Waals surface area contributed by atoms with E-state index >= 15 is 0 Å². The molecule has 2 aliphatic rings. The first-order valence-corrected chi connectivity index (χ1v) is 13.2. The van der Waals surface area contributed by atoms with Crippen molar-refractivity contribution < 1.29 is 37.3 Å². The highest BCUT2D eigenvalue weighted by atomic mass is 35.5. The molecule has 3 unspecified atom stereocenters. The molecule has 0 saturated heterocycles. The molecule has 0 spiro atoms. The average molecular weight is 530 g/mol. The van der Waals surface area contributed by atoms with Gasteiger partial charge in [-0.3, -0.25) is 4.79 Å². The van der Waals surface area contributed by atoms with E-state index in [9.17, 15) is 37.3 Å². The predicted molar refractivity (Wildman–Crippen MR) is 125 cm³/mol. The fraction of sp³-hybridized carbons (Fsp3) is 0.458. The molecule has 11 heteroatoms. The van der Waals surface area contributed by atoms with Crippen LogP contribution < -0.4 is 5.32 Å². The van der Waals surface area contributed by atoms with Crippen LogP contribution in [0.5, 0.6) is 0 Å². The number of aliphatic hydroxyl groups excluding tert-OH is 2. The maximum absolute atomic E-state index is 13.6. The molecule has 2 saturated carbocycles. The lowest BCUT2D eigenvalue weighted by Gasteiger charge is -2.46. The lowest BCUT2D eigenvalue weighted by Crippen LogP contribution is -2.58. The molecule has 4 rings (SSSR count). The zero-order valence-corrected chi connectivity index (χ0v) is 20.4. The van der Waals surface area contributed by atoms with Gasteiger partial charge in [-0.1, -0.05) is 11.6 Å². The van der Waals surface area contributed by atoms with Gasteiger partial charge in [0.2, 0.25) is 0 Å². The third-order valence-corrected chi connectivity index (χ3v) is 9.97. The van der Waals surface area contributed by atoms with E-state index in [1.807, 2.05) is 0 Å². The zero-order valence-electron chi connectivity index (χ0n) is 18.8. The van der Waals surface area contributed by atoms with Crippen molar-refractivity contribution in [2.75, 3.05) is 5.32 Å². The van der Waals surface area contributed by atoms with Crippen LogP contribution in [0.4, 0.5) is 14.5 Å². The second-order valence-electron chi connectivity index (χ2n) is 9.41. The summed E-state index contributed by atoms with van der Waals surface area (Å²) in [5.74, 6) is -4.00. The number of hydrogen-bond acceptors (Lipinski definition) is 6. The van der Waals surface area contributed by atoms with Gasteiger partial charge in [0.05, 0.1) is 26.9 Å². The topological polar surface area (TPSA) is 124 Å². The molecule has 7 nitrogen and oxygen atoms in total. The maximum Gasteiger partial charge on any atom is 0.255 e. The summed E-state index contributed by atoms with van der Waals surface area (Å²) in [7, 11) is -4.03. The number of nitrogens with one attached hydrogen (secondary N) is 1. The average Bonchev–Trinajstić information content (AvgIpc) is 2.97. The Bertz CT molecular complexity index is 1240. The van der Waals surface area contributed by atoms with E-state index in [0.29, 0.717) is 12.8 Å². The van der Waals surface area contributed by atoms with Gasteiger partial charge in [-0.25, -0.2) is 17.2 Å². The van der Waals surface area contributed by atoms with Crippen LogP contribution in [0.15, 0.2) is 41.3 Å². The second-order valence-corrected chi connectivity index (χ2v) is 12.0. The van der Waals surface area contributed by atoms with Crippen LogP contribution in [0, 0.1) is 23.5 Å². The number of halogens is 3. The van der Waals surface area contributed by atoms with Crippen LogP contribution in [-0.2, 0) is 9.84 Å². The largest absolute Gasteiger partial charge is 0.391 e. The number of carbonyl (C=O) groups excluding carboxylic acids is 1. The van der Waals surface area contributed by atoms with Crippen LogP contribution in [0.2, 0.25) is 5.02 Å². The summed E-state index contributed by atoms with van der Waals surface area (Å²) in [6, 6.07) is 6.57. The molecule has 4 N–H and O–H groups in total. The molecule has 0 aliphatic heterocycles. The molecule has 0 aromatic heterocycles. The monoisotopic (exact) mass is 529 g/mol. The van der Waals surface area contributed by atoms with Crippen molar-refractivity contribution in [2.24, 2.45) is 11.8 Å². The smallest absolute Gasteiger partial charge is 0.255 e. The first kappa shape index (κ1) is 26.0. The number of carbonyl (C=O) groups is 1. The minimum absolute atomic E-state index is 0.00642. The van der Waals surface area contributed by atoms with Crippen molar-refractivity contribution in [3.63, 3.8) is 0 Å². The van der Waals surface area contributed by atoms with Gasteiger partial charge in [-0.2, -0.15) is 0 Å². The standard InChI is InChI=1S/C24H26ClF2NO6S/c1-12(29)22(30)24(32)14-3-4-15(24)10-17(9-14)35(33,34)21-8-13(2-6-18(21)25)23(31)28-16-5-7-19(26)20(27)11-16/h2,5-8,11-12,14-15,17,22,29-30,32H,3-4,9-10H2,1H3,(H,28,31)/t12-,14-,15?,17?,22-,24?/m0/s1. The molecule has 6 atom stereocenters. The van der Waals surface area contributed by atoms with Gasteiger partial charge in [0.1, 0.15) is 6.10 Å². The van der Waals surface area contributed by atoms with Crippen molar-refractivity contribution in [3.05, 3.63) is 58.6 Å². The Morgan fingerprint density at radius 1 is 1.09 bits per heavy atom. The molecule has 190 valence electrons. The first-order chi connectivity index (χ1) is 16.4. The number of rotatable bonds is 6. The number of hydrogen-bond donors (Lipinski definition) is 4. The molecule has 0 heterocycles. The maximum atomic E-state index is 13.6. The minimum Gasteiger partial charge on any atom is -0.391 e. The quantitative estimate of drug-likeness (QED) is 0.455. The van der Waals surface area contributed by atoms with Gasteiger partial charge in [0.15, 0.2) is 21.5 Å². The number of anilines is 1. The van der Waals surface area contributed by atoms with Gasteiger partial charge in [0, 0.05) is 17.3 Å². The molecular formula is C24H26ClF2NO6S. The molecule has 2 aromatic carbocycles. The summed E-state index contributed by atoms with van der Waals surface area (Å²) >= 11 is 6.21. The fourth-order valence-electron chi connectivity index (χ4n) is 5.48. The van der Waals surface area contributed by atoms with Crippen LogP contribution in [0.1, 0.15) is 43.0 Å². The number of amides is 1. The highest BCUT2D eigenvalue weighted by Gasteiger charge is 2.59. The molecule has 35 heavy (non-hydrogen) atoms. The zero-order chi connectivity index (χ0) is 25.7. The van der Waals surface area contributed by atoms with Crippen LogP contribution >= 0.6 is 11.6 Å². The van der Waals surface area contributed by atoms with Crippen LogP contribution in [0.3, 0.4) is 0 Å². The molecule has 1 amide bonds. The Labute approximate surface area is 206 Å². The summed E-state index contributed by atoms with van der Waals surface area (Å²) in [5.41, 5.74) is -1.62. The number of aliphatic hydroxyl groups is 3. The Balaban J connectivity index is 1.59. The van der Waals surface area contributed by atoms with Gasteiger partial charge in [-0.05, 0) is 74.8 Å². The minimum atomic E-state index is -4.03. The third kappa shape index (κ3) is 4.58. The molecule has 2 aliphatic carbocycles. The van der Waals surface area contributed by atoms with Crippen molar-refractivity contribution in [2.45, 2.75) is 60.6 Å². The molecular weight excluding hydrogens is 504 g/mol. The number of fused-ring (bicyclic) bond motifs is 2. The molecule has 2 fully saturated rings. The van der Waals surface area contributed by atoms with E-state index in [0.717, 1.165) is 18.2 Å².